The molecule has 2 fully saturated rings. The van der Waals surface area contributed by atoms with E-state index in [1.54, 1.807) is 82.6 Å². The van der Waals surface area contributed by atoms with E-state index >= 15 is 0 Å². The van der Waals surface area contributed by atoms with E-state index in [9.17, 15) is 39.6 Å². The van der Waals surface area contributed by atoms with Crippen LogP contribution < -0.4 is 0 Å². The molecule has 2 heterocycles. The zero-order chi connectivity index (χ0) is 50.7. The van der Waals surface area contributed by atoms with Crippen molar-refractivity contribution < 1.29 is 49.1 Å². The zero-order valence-electron chi connectivity index (χ0n) is 39.4. The Morgan fingerprint density at radius 3 is 0.750 bits per heavy atom. The summed E-state index contributed by atoms with van der Waals surface area (Å²) in [7, 11) is 0. The van der Waals surface area contributed by atoms with Crippen molar-refractivity contribution in [1.82, 2.24) is 9.80 Å². The fourth-order valence-corrected chi connectivity index (χ4v) is 7.80. The van der Waals surface area contributed by atoms with Crippen LogP contribution in [-0.2, 0) is 19.1 Å². The second-order valence-electron chi connectivity index (χ2n) is 16.4. The molecule has 364 valence electrons. The zero-order valence-corrected chi connectivity index (χ0v) is 39.4. The molecule has 0 spiro atoms. The molecule has 2 saturated heterocycles. The first-order valence-electron chi connectivity index (χ1n) is 23.4. The van der Waals surface area contributed by atoms with Crippen LogP contribution in [0.1, 0.15) is 20.7 Å². The number of phenols is 4. The Bertz CT molecular complexity index is 2680. The van der Waals surface area contributed by atoms with Crippen LogP contribution in [0.2, 0.25) is 0 Å². The van der Waals surface area contributed by atoms with Gasteiger partial charge in [0.25, 0.3) is 11.8 Å². The van der Waals surface area contributed by atoms with Crippen LogP contribution in [0.5, 0.6) is 23.0 Å². The highest BCUT2D eigenvalue weighted by atomic mass is 16.5. The van der Waals surface area contributed by atoms with E-state index in [0.29, 0.717) is 86.0 Å². The quantitative estimate of drug-likeness (QED) is 0.0652. The summed E-state index contributed by atoms with van der Waals surface area (Å²) < 4.78 is 10.3. The molecule has 0 saturated carbocycles. The molecule has 0 unspecified atom stereocenters. The number of hydrogen-bond acceptors (Lipinski definition) is 10. The lowest BCUT2D eigenvalue weighted by atomic mass is 9.98. The van der Waals surface area contributed by atoms with Crippen molar-refractivity contribution in [1.29, 1.82) is 0 Å². The molecule has 12 nitrogen and oxygen atoms in total. The van der Waals surface area contributed by atoms with Gasteiger partial charge in [-0.3, -0.25) is 19.2 Å². The fourth-order valence-electron chi connectivity index (χ4n) is 7.80. The Kier molecular flexibility index (Phi) is 18.2. The maximum absolute atomic E-state index is 11.8. The largest absolute Gasteiger partial charge is 0.507 e. The summed E-state index contributed by atoms with van der Waals surface area (Å²) in [5.41, 5.74) is 6.90. The highest BCUT2D eigenvalue weighted by Gasteiger charge is 2.25. The molecular formula is C60H54N2O10. The predicted molar refractivity (Wildman–Crippen MR) is 278 cm³/mol. The summed E-state index contributed by atoms with van der Waals surface area (Å²) in [6, 6.07) is 61.7. The molecule has 72 heavy (non-hydrogen) atoms. The van der Waals surface area contributed by atoms with Crippen LogP contribution in [0.4, 0.5) is 0 Å². The molecular weight excluding hydrogens is 909 g/mol. The first-order chi connectivity index (χ1) is 35.1. The van der Waals surface area contributed by atoms with Crippen LogP contribution >= 0.6 is 0 Å². The Morgan fingerprint density at radius 2 is 0.528 bits per heavy atom. The van der Waals surface area contributed by atoms with E-state index in [1.807, 2.05) is 133 Å². The average Bonchev–Trinajstić information content (AvgIpc) is 3.45. The van der Waals surface area contributed by atoms with Crippen LogP contribution in [-0.4, -0.2) is 106 Å². The Balaban J connectivity index is 0.000000142. The topological polar surface area (TPSA) is 174 Å². The van der Waals surface area contributed by atoms with Crippen LogP contribution in [0.3, 0.4) is 0 Å². The van der Waals surface area contributed by atoms with Gasteiger partial charge in [0.2, 0.25) is 11.6 Å². The Labute approximate surface area is 418 Å². The monoisotopic (exact) mass is 962 g/mol. The lowest BCUT2D eigenvalue weighted by Crippen LogP contribution is -2.44. The van der Waals surface area contributed by atoms with Gasteiger partial charge in [0.05, 0.1) is 26.4 Å². The van der Waals surface area contributed by atoms with Crippen molar-refractivity contribution >= 4 is 23.4 Å². The number of hydrogen-bond donors (Lipinski definition) is 4. The highest BCUT2D eigenvalue weighted by Crippen LogP contribution is 2.41. The molecule has 2 aliphatic rings. The van der Waals surface area contributed by atoms with Crippen LogP contribution in [0, 0.1) is 0 Å². The summed E-state index contributed by atoms with van der Waals surface area (Å²) in [5.74, 6) is -1.12. The molecule has 0 aromatic heterocycles. The first kappa shape index (κ1) is 51.0. The number of aromatic hydroxyl groups is 4. The molecule has 2 amide bonds. The van der Waals surface area contributed by atoms with Gasteiger partial charge >= 0.3 is 0 Å². The number of Topliss-reactive ketones (excluding diaryl/α,β-unsaturated/α-hetero) is 2. The van der Waals surface area contributed by atoms with Crippen molar-refractivity contribution in [2.45, 2.75) is 0 Å². The standard InChI is InChI=1S/2C18H14O2.2C12H13NO3/c2*19-17-12-16(14-9-5-2-6-10-14)18(20)11-15(17)13-7-3-1-4-8-13;2*14-11(10-4-2-1-3-5-10)12(15)13-6-8-16-9-7-13/h2*1-12,19-20H;2*1-5H,6-9H2. The smallest absolute Gasteiger partial charge is 0.295 e. The van der Waals surface area contributed by atoms with Gasteiger partial charge in [0.1, 0.15) is 23.0 Å². The highest BCUT2D eigenvalue weighted by molar-refractivity contribution is 6.43. The average molecular weight is 963 g/mol. The fraction of sp³-hybridized carbons (Fsp3) is 0.133. The normalized spacial score (nSPS) is 12.8. The van der Waals surface area contributed by atoms with Gasteiger partial charge in [-0.1, -0.05) is 182 Å². The minimum absolute atomic E-state index is 0.160. The number of phenolic OH excluding ortho intramolecular Hbond substituents is 4. The summed E-state index contributed by atoms with van der Waals surface area (Å²) >= 11 is 0. The number of benzene rings is 8. The number of amides is 2. The molecule has 0 radical (unpaired) electrons. The molecule has 2 aliphatic heterocycles. The molecule has 0 bridgehead atoms. The molecule has 12 heteroatoms. The molecule has 8 aromatic rings. The third kappa shape index (κ3) is 13.7. The van der Waals surface area contributed by atoms with Crippen molar-refractivity contribution in [3.05, 3.63) is 217 Å². The number of morpholine rings is 2. The summed E-state index contributed by atoms with van der Waals surface area (Å²) in [5, 5.41) is 40.9. The van der Waals surface area contributed by atoms with E-state index in [-0.39, 0.29) is 23.0 Å². The Morgan fingerprint density at radius 1 is 0.319 bits per heavy atom. The molecule has 4 N–H and O–H groups in total. The lowest BCUT2D eigenvalue weighted by Gasteiger charge is -2.26. The predicted octanol–water partition coefficient (Wildman–Crippen LogP) is 10.3. The van der Waals surface area contributed by atoms with Gasteiger partial charge in [-0.05, 0) is 46.5 Å². The molecule has 0 atom stereocenters. The minimum atomic E-state index is -0.442. The third-order valence-electron chi connectivity index (χ3n) is 11.6. The Hall–Kier alpha value is -8.84. The first-order valence-corrected chi connectivity index (χ1v) is 23.4. The van der Waals surface area contributed by atoms with E-state index in [4.69, 9.17) is 9.47 Å². The summed E-state index contributed by atoms with van der Waals surface area (Å²) in [6.45, 7) is 4.02. The van der Waals surface area contributed by atoms with Gasteiger partial charge in [0.15, 0.2) is 0 Å². The number of carbonyl (C=O) groups is 4. The van der Waals surface area contributed by atoms with E-state index in [2.05, 4.69) is 0 Å². The minimum Gasteiger partial charge on any atom is -0.507 e. The maximum Gasteiger partial charge on any atom is 0.295 e. The lowest BCUT2D eigenvalue weighted by molar-refractivity contribution is -0.130. The SMILES string of the molecule is O=C(C(=O)N1CCOCC1)c1ccccc1.O=C(C(=O)N1CCOCC1)c1ccccc1.Oc1cc(-c2ccccc2)c(O)cc1-c1ccccc1.Oc1cc(-c2ccccc2)c(O)cc1-c1ccccc1. The van der Waals surface area contributed by atoms with E-state index in [0.717, 1.165) is 22.3 Å². The number of rotatable bonds is 8. The summed E-state index contributed by atoms with van der Waals surface area (Å²) in [4.78, 5) is 50.3. The van der Waals surface area contributed by atoms with Gasteiger partial charge in [-0.2, -0.15) is 0 Å². The molecule has 10 rings (SSSR count). The molecule has 8 aromatic carbocycles. The van der Waals surface area contributed by atoms with Gasteiger partial charge in [0, 0.05) is 59.6 Å². The van der Waals surface area contributed by atoms with E-state index < -0.39 is 23.4 Å². The van der Waals surface area contributed by atoms with Gasteiger partial charge in [-0.15, -0.1) is 0 Å². The number of ether oxygens (including phenoxy) is 2. The number of nitrogens with zero attached hydrogens (tertiary/aromatic N) is 2. The number of ketones is 2. The summed E-state index contributed by atoms with van der Waals surface area (Å²) in [6.07, 6.45) is 0. The second-order valence-corrected chi connectivity index (χ2v) is 16.4. The third-order valence-corrected chi connectivity index (χ3v) is 11.6. The molecule has 0 aliphatic carbocycles. The van der Waals surface area contributed by atoms with Crippen molar-refractivity contribution in [3.8, 4) is 67.5 Å². The van der Waals surface area contributed by atoms with Crippen LogP contribution in [0.15, 0.2) is 206 Å². The second kappa shape index (κ2) is 25.7. The van der Waals surface area contributed by atoms with Crippen molar-refractivity contribution in [2.24, 2.45) is 0 Å². The van der Waals surface area contributed by atoms with Crippen molar-refractivity contribution in [2.75, 3.05) is 52.6 Å². The van der Waals surface area contributed by atoms with Crippen LogP contribution in [0.25, 0.3) is 44.5 Å². The van der Waals surface area contributed by atoms with Gasteiger partial charge < -0.3 is 39.7 Å². The maximum atomic E-state index is 11.8. The van der Waals surface area contributed by atoms with Gasteiger partial charge in [-0.25, -0.2) is 0 Å². The van der Waals surface area contributed by atoms with E-state index in [1.165, 1.54) is 0 Å². The number of carbonyl (C=O) groups excluding carboxylic acids is 4. The van der Waals surface area contributed by atoms with Crippen molar-refractivity contribution in [3.63, 3.8) is 0 Å².